The topological polar surface area (TPSA) is 93.9 Å². The van der Waals surface area contributed by atoms with E-state index in [1.807, 2.05) is 30.3 Å². The Morgan fingerprint density at radius 3 is 2.70 bits per heavy atom. The number of aryl methyl sites for hydroxylation is 1. The van der Waals surface area contributed by atoms with Gasteiger partial charge in [-0.3, -0.25) is 4.79 Å². The maximum Gasteiger partial charge on any atom is 0.273 e. The molecule has 1 aromatic carbocycles. The van der Waals surface area contributed by atoms with Crippen molar-refractivity contribution in [2.45, 2.75) is 13.3 Å². The van der Waals surface area contributed by atoms with E-state index in [2.05, 4.69) is 15.5 Å². The van der Waals surface area contributed by atoms with E-state index >= 15 is 0 Å². The Morgan fingerprint density at radius 2 is 2.04 bits per heavy atom. The lowest BCUT2D eigenvalue weighted by Crippen LogP contribution is -2.30. The predicted octanol–water partition coefficient (Wildman–Crippen LogP) is 0.740. The van der Waals surface area contributed by atoms with Gasteiger partial charge in [0, 0.05) is 6.54 Å². The second kappa shape index (κ2) is 6.11. The lowest BCUT2D eigenvalue weighted by atomic mass is 10.1. The van der Waals surface area contributed by atoms with Crippen LogP contribution < -0.4 is 5.32 Å². The van der Waals surface area contributed by atoms with E-state index in [1.165, 1.54) is 4.80 Å². The molecule has 1 saturated heterocycles. The Morgan fingerprint density at radius 1 is 1.30 bits per heavy atom. The Kier molecular flexibility index (Phi) is 4.16. The van der Waals surface area contributed by atoms with Crippen LogP contribution in [0.4, 0.5) is 0 Å². The van der Waals surface area contributed by atoms with E-state index < -0.39 is 9.84 Å². The summed E-state index contributed by atoms with van der Waals surface area (Å²) in [6.45, 7) is 2.07. The maximum absolute atomic E-state index is 12.3. The monoisotopic (exact) mass is 334 g/mol. The van der Waals surface area contributed by atoms with Crippen LogP contribution in [0.3, 0.4) is 0 Å². The summed E-state index contributed by atoms with van der Waals surface area (Å²) in [5, 5.41) is 11.2. The van der Waals surface area contributed by atoms with Crippen molar-refractivity contribution in [1.82, 2.24) is 20.3 Å². The van der Waals surface area contributed by atoms with Crippen molar-refractivity contribution in [3.8, 4) is 5.69 Å². The molecule has 122 valence electrons. The predicted molar refractivity (Wildman–Crippen MR) is 85.2 cm³/mol. The smallest absolute Gasteiger partial charge is 0.273 e. The number of nitrogens with zero attached hydrogens (tertiary/aromatic N) is 3. The van der Waals surface area contributed by atoms with Crippen molar-refractivity contribution in [3.05, 3.63) is 41.7 Å². The number of carbonyl (C=O) groups is 1. The van der Waals surface area contributed by atoms with Crippen LogP contribution in [0.2, 0.25) is 0 Å². The lowest BCUT2D eigenvalue weighted by molar-refractivity contribution is 0.0942. The molecule has 3 rings (SSSR count). The molecule has 7 nitrogen and oxygen atoms in total. The number of aromatic nitrogens is 3. The third-order valence-corrected chi connectivity index (χ3v) is 5.70. The van der Waals surface area contributed by atoms with Gasteiger partial charge in [0.05, 0.1) is 22.9 Å². The van der Waals surface area contributed by atoms with E-state index in [1.54, 1.807) is 6.92 Å². The lowest BCUT2D eigenvalue weighted by Gasteiger charge is -2.08. The molecule has 0 radical (unpaired) electrons. The molecule has 0 spiro atoms. The fraction of sp³-hybridized carbons (Fsp3) is 0.400. The van der Waals surface area contributed by atoms with Gasteiger partial charge >= 0.3 is 0 Å². The van der Waals surface area contributed by atoms with Gasteiger partial charge in [0.2, 0.25) is 0 Å². The number of para-hydroxylation sites is 1. The molecule has 23 heavy (non-hydrogen) atoms. The summed E-state index contributed by atoms with van der Waals surface area (Å²) in [4.78, 5) is 13.7. The highest BCUT2D eigenvalue weighted by Crippen LogP contribution is 2.17. The van der Waals surface area contributed by atoms with Crippen LogP contribution in [0.25, 0.3) is 5.69 Å². The minimum absolute atomic E-state index is 0.0200. The van der Waals surface area contributed by atoms with Gasteiger partial charge in [-0.15, -0.1) is 5.10 Å². The molecule has 0 saturated carbocycles. The zero-order valence-corrected chi connectivity index (χ0v) is 13.6. The minimum Gasteiger partial charge on any atom is -0.350 e. The van der Waals surface area contributed by atoms with E-state index in [-0.39, 0.29) is 29.0 Å². The third-order valence-electron chi connectivity index (χ3n) is 3.86. The second-order valence-electron chi connectivity index (χ2n) is 5.74. The normalized spacial score (nSPS) is 19.6. The summed E-state index contributed by atoms with van der Waals surface area (Å²) in [5.41, 5.74) is 1.57. The van der Waals surface area contributed by atoms with Crippen LogP contribution in [-0.2, 0) is 9.84 Å². The van der Waals surface area contributed by atoms with Crippen LogP contribution in [0.5, 0.6) is 0 Å². The van der Waals surface area contributed by atoms with Gasteiger partial charge in [0.15, 0.2) is 15.5 Å². The quantitative estimate of drug-likeness (QED) is 0.890. The number of amides is 1. The number of benzene rings is 1. The molecule has 1 N–H and O–H groups in total. The Hall–Kier alpha value is -2.22. The van der Waals surface area contributed by atoms with Crippen molar-refractivity contribution in [2.24, 2.45) is 5.92 Å². The van der Waals surface area contributed by atoms with Crippen molar-refractivity contribution in [3.63, 3.8) is 0 Å². The number of nitrogens with one attached hydrogen (secondary N) is 1. The minimum atomic E-state index is -2.93. The Bertz CT molecular complexity index is 815. The van der Waals surface area contributed by atoms with Crippen LogP contribution in [0.15, 0.2) is 30.3 Å². The first-order valence-corrected chi connectivity index (χ1v) is 9.25. The molecule has 1 amide bonds. The van der Waals surface area contributed by atoms with Gasteiger partial charge in [-0.2, -0.15) is 9.90 Å². The van der Waals surface area contributed by atoms with E-state index in [9.17, 15) is 13.2 Å². The highest BCUT2D eigenvalue weighted by Gasteiger charge is 2.28. The fourth-order valence-corrected chi connectivity index (χ4v) is 4.48. The molecule has 1 aromatic heterocycles. The standard InChI is InChI=1S/C15H18N4O3S/c1-11-14(18-19(17-11)13-5-3-2-4-6-13)15(20)16-9-12-7-8-23(21,22)10-12/h2-6,12H,7-10H2,1H3,(H,16,20). The largest absolute Gasteiger partial charge is 0.350 e. The molecule has 1 aliphatic heterocycles. The van der Waals surface area contributed by atoms with Crippen LogP contribution in [0, 0.1) is 12.8 Å². The number of hydrogen-bond donors (Lipinski definition) is 1. The van der Waals surface area contributed by atoms with Crippen molar-refractivity contribution >= 4 is 15.7 Å². The summed E-state index contributed by atoms with van der Waals surface area (Å²) >= 11 is 0. The van der Waals surface area contributed by atoms with Gasteiger partial charge in [0.25, 0.3) is 5.91 Å². The van der Waals surface area contributed by atoms with E-state index in [0.717, 1.165) is 5.69 Å². The summed E-state index contributed by atoms with van der Waals surface area (Å²) in [6, 6.07) is 9.33. The average molecular weight is 334 g/mol. The molecule has 2 heterocycles. The van der Waals surface area contributed by atoms with Crippen LogP contribution in [-0.4, -0.2) is 47.4 Å². The number of hydrogen-bond acceptors (Lipinski definition) is 5. The van der Waals surface area contributed by atoms with Crippen molar-refractivity contribution < 1.29 is 13.2 Å². The molecule has 0 bridgehead atoms. The van der Waals surface area contributed by atoms with Gasteiger partial charge in [-0.05, 0) is 31.4 Å². The average Bonchev–Trinajstić information content (AvgIpc) is 3.08. The van der Waals surface area contributed by atoms with Crippen LogP contribution >= 0.6 is 0 Å². The summed E-state index contributed by atoms with van der Waals surface area (Å²) in [7, 11) is -2.93. The summed E-state index contributed by atoms with van der Waals surface area (Å²) < 4.78 is 22.9. The first-order valence-electron chi connectivity index (χ1n) is 7.42. The maximum atomic E-state index is 12.3. The van der Waals surface area contributed by atoms with Gasteiger partial charge in [0.1, 0.15) is 0 Å². The Labute approximate surface area is 134 Å². The highest BCUT2D eigenvalue weighted by molar-refractivity contribution is 7.91. The van der Waals surface area contributed by atoms with Crippen molar-refractivity contribution in [1.29, 1.82) is 0 Å². The first-order chi connectivity index (χ1) is 10.9. The SMILES string of the molecule is Cc1nn(-c2ccccc2)nc1C(=O)NCC1CCS(=O)(=O)C1. The molecule has 1 atom stereocenters. The molecular formula is C15H18N4O3S. The van der Waals surface area contributed by atoms with Crippen LogP contribution in [0.1, 0.15) is 22.6 Å². The fourth-order valence-electron chi connectivity index (χ4n) is 2.62. The van der Waals surface area contributed by atoms with Gasteiger partial charge < -0.3 is 5.32 Å². The van der Waals surface area contributed by atoms with E-state index in [4.69, 9.17) is 0 Å². The molecule has 0 aliphatic carbocycles. The number of rotatable bonds is 4. The highest BCUT2D eigenvalue weighted by atomic mass is 32.2. The van der Waals surface area contributed by atoms with Gasteiger partial charge in [-0.1, -0.05) is 18.2 Å². The number of carbonyl (C=O) groups excluding carboxylic acids is 1. The second-order valence-corrected chi connectivity index (χ2v) is 7.97. The van der Waals surface area contributed by atoms with E-state index in [0.29, 0.717) is 18.7 Å². The first kappa shape index (κ1) is 15.7. The van der Waals surface area contributed by atoms with Crippen molar-refractivity contribution in [2.75, 3.05) is 18.1 Å². The molecule has 2 aromatic rings. The third kappa shape index (κ3) is 3.58. The Balaban J connectivity index is 1.67. The zero-order chi connectivity index (χ0) is 16.4. The number of sulfone groups is 1. The summed E-state index contributed by atoms with van der Waals surface area (Å²) in [5.74, 6) is 0.00195. The molecular weight excluding hydrogens is 316 g/mol. The molecule has 8 heteroatoms. The summed E-state index contributed by atoms with van der Waals surface area (Å²) in [6.07, 6.45) is 0.596. The molecule has 1 aliphatic rings. The molecule has 1 fully saturated rings. The zero-order valence-electron chi connectivity index (χ0n) is 12.8. The molecule has 1 unspecified atom stereocenters. The van der Waals surface area contributed by atoms with Gasteiger partial charge in [-0.25, -0.2) is 8.42 Å².